The number of nitrogens with zero attached hydrogens (tertiary/aromatic N) is 9. The van der Waals surface area contributed by atoms with E-state index >= 15 is 0 Å². The van der Waals surface area contributed by atoms with E-state index in [1.54, 1.807) is 42.9 Å². The van der Waals surface area contributed by atoms with Crippen molar-refractivity contribution in [3.8, 4) is 56.5 Å². The fraction of sp³-hybridized carbons (Fsp3) is 0.442. The molecule has 0 saturated carbocycles. The molecular formula is C43H55FN14O2. The number of anilines is 2. The first kappa shape index (κ1) is 38.2. The molecule has 2 atom stereocenters. The summed E-state index contributed by atoms with van der Waals surface area (Å²) in [6.45, 7) is 14.2. The minimum Gasteiger partial charge on any atom is -0.507 e. The van der Waals surface area contributed by atoms with Gasteiger partial charge >= 0.3 is 0 Å². The molecule has 2 aliphatic heterocycles. The third-order valence-corrected chi connectivity index (χ3v) is 10.7. The van der Waals surface area contributed by atoms with Gasteiger partial charge in [-0.1, -0.05) is 12.1 Å². The van der Waals surface area contributed by atoms with E-state index in [2.05, 4.69) is 108 Å². The molecule has 0 bridgehead atoms. The second kappa shape index (κ2) is 16.2. The Bertz CT molecular complexity index is 2490. The van der Waals surface area contributed by atoms with E-state index in [0.29, 0.717) is 52.0 Å². The first-order chi connectivity index (χ1) is 29.5. The third kappa shape index (κ3) is 9.85. The Balaban J connectivity index is 0.000000190. The van der Waals surface area contributed by atoms with E-state index in [9.17, 15) is 14.6 Å². The second-order valence-electron chi connectivity index (χ2n) is 18.2. The average Bonchev–Trinajstić information content (AvgIpc) is 3.91. The maximum Gasteiger partial charge on any atom is 0.185 e. The lowest BCUT2D eigenvalue weighted by Crippen LogP contribution is -2.67. The Hall–Kier alpha value is -6.07. The molecule has 6 heterocycles. The molecule has 7 N–H and O–H groups in total. The number of aromatic amines is 1. The summed E-state index contributed by atoms with van der Waals surface area (Å²) in [6.07, 6.45) is 10.8. The van der Waals surface area contributed by atoms with Crippen LogP contribution in [0, 0.1) is 0 Å². The van der Waals surface area contributed by atoms with Gasteiger partial charge in [0.05, 0.1) is 42.0 Å². The number of nitrogens with one attached hydrogen (secondary N) is 5. The van der Waals surface area contributed by atoms with Crippen LogP contribution in [0.15, 0.2) is 73.6 Å². The van der Waals surface area contributed by atoms with Crippen LogP contribution in [-0.4, -0.2) is 101 Å². The molecule has 2 aliphatic rings. The smallest absolute Gasteiger partial charge is 0.185 e. The zero-order valence-electron chi connectivity index (χ0n) is 38.1. The predicted octanol–water partition coefficient (Wildman–Crippen LogP) is 6.67. The van der Waals surface area contributed by atoms with Crippen molar-refractivity contribution in [2.75, 3.05) is 10.6 Å². The number of H-pyrrole nitrogens is 1. The summed E-state index contributed by atoms with van der Waals surface area (Å²) in [4.78, 5) is 8.70. The number of benzene rings is 2. The number of hydrogen-bond donors (Lipinski definition) is 7. The summed E-state index contributed by atoms with van der Waals surface area (Å²) in [7, 11) is 0. The Morgan fingerprint density at radius 3 is 1.77 bits per heavy atom. The number of halogens is 1. The van der Waals surface area contributed by atoms with Crippen LogP contribution in [0.2, 0.25) is 0 Å². The van der Waals surface area contributed by atoms with Crippen molar-refractivity contribution in [3.63, 3.8) is 0 Å². The first-order valence-electron chi connectivity index (χ1n) is 21.3. The number of aromatic hydroxyl groups is 2. The fourth-order valence-corrected chi connectivity index (χ4v) is 8.71. The number of rotatable bonds is 8. The Kier molecular flexibility index (Phi) is 10.3. The van der Waals surface area contributed by atoms with Crippen LogP contribution in [0.25, 0.3) is 45.0 Å². The van der Waals surface area contributed by atoms with Crippen molar-refractivity contribution in [2.45, 2.75) is 115 Å². The van der Waals surface area contributed by atoms with E-state index in [-0.39, 0.29) is 34.2 Å². The van der Waals surface area contributed by atoms with E-state index < -0.39 is 24.7 Å². The number of aryl methyl sites for hydroxylation is 1. The standard InChI is InChI=1S/C22H29N7O.C21H26FN7O/c1-21(2)9-16(10-22(3,4)28-21)25-19-12-23-20(27-26-19)17-7-6-14(8-18(17)30)15-11-24-29(5)13-15;1-20(2)8-15(18(22)21(3,4)29-20)26-17-11-23-19(28-27-17)14-6-5-12(7-16(14)30)13-9-24-25-10-13/h6-8,11-13,16,28,30H,9-10H2,1-5H3,(H,25,26);5-7,9-11,15,18,29-30H,8H2,1-4H3,(H,24,25)(H,26,27)/i5D3;. The van der Waals surface area contributed by atoms with Crippen LogP contribution in [0.1, 0.15) is 78.8 Å². The van der Waals surface area contributed by atoms with Crippen LogP contribution < -0.4 is 21.3 Å². The topological polar surface area (TPSA) is 212 Å². The van der Waals surface area contributed by atoms with Crippen molar-refractivity contribution in [1.82, 2.24) is 61.0 Å². The Morgan fingerprint density at radius 1 is 0.700 bits per heavy atom. The number of alkyl halides is 1. The predicted molar refractivity (Wildman–Crippen MR) is 230 cm³/mol. The maximum absolute atomic E-state index is 15.0. The van der Waals surface area contributed by atoms with Gasteiger partial charge in [0.2, 0.25) is 0 Å². The molecule has 0 amide bonds. The molecule has 60 heavy (non-hydrogen) atoms. The molecule has 2 aromatic carbocycles. The van der Waals surface area contributed by atoms with Crippen LogP contribution in [-0.2, 0) is 6.98 Å². The molecule has 2 unspecified atom stereocenters. The Labute approximate surface area is 353 Å². The van der Waals surface area contributed by atoms with Gasteiger partial charge in [0.15, 0.2) is 23.3 Å². The first-order valence-corrected chi connectivity index (χ1v) is 19.8. The fourth-order valence-electron chi connectivity index (χ4n) is 8.71. The highest BCUT2D eigenvalue weighted by molar-refractivity contribution is 5.73. The van der Waals surface area contributed by atoms with Gasteiger partial charge in [-0.2, -0.15) is 10.2 Å². The number of hydrogen-bond acceptors (Lipinski definition) is 14. The van der Waals surface area contributed by atoms with Gasteiger partial charge in [0, 0.05) is 62.8 Å². The lowest BCUT2D eigenvalue weighted by molar-refractivity contribution is 0.0655. The summed E-state index contributed by atoms with van der Waals surface area (Å²) in [5, 5.41) is 61.8. The summed E-state index contributed by atoms with van der Waals surface area (Å²) in [5.74, 6) is 1.59. The zero-order chi connectivity index (χ0) is 45.5. The number of piperidine rings is 2. The van der Waals surface area contributed by atoms with Gasteiger partial charge in [0.1, 0.15) is 17.7 Å². The van der Waals surface area contributed by atoms with Gasteiger partial charge in [-0.3, -0.25) is 9.78 Å². The lowest BCUT2D eigenvalue weighted by Gasteiger charge is -2.48. The highest BCUT2D eigenvalue weighted by Crippen LogP contribution is 2.35. The van der Waals surface area contributed by atoms with Crippen LogP contribution in [0.3, 0.4) is 0 Å². The molecule has 2 saturated heterocycles. The van der Waals surface area contributed by atoms with Crippen LogP contribution in [0.5, 0.6) is 11.5 Å². The zero-order valence-corrected chi connectivity index (χ0v) is 35.1. The second-order valence-corrected chi connectivity index (χ2v) is 18.2. The molecule has 0 spiro atoms. The molecule has 8 rings (SSSR count). The summed E-state index contributed by atoms with van der Waals surface area (Å²) >= 11 is 0. The molecule has 2 fully saturated rings. The molecule has 17 heteroatoms. The average molecular weight is 822 g/mol. The van der Waals surface area contributed by atoms with Gasteiger partial charge in [-0.25, -0.2) is 14.4 Å². The van der Waals surface area contributed by atoms with E-state index in [1.165, 1.54) is 24.7 Å². The molecule has 4 aromatic heterocycles. The molecular weight excluding hydrogens is 764 g/mol. The SMILES string of the molecule is CC1(C)CC(Nc2cnc(-c3ccc(-c4cn[nH]c4)cc3O)nn2)C(F)C(C)(C)N1.[2H]C([2H])([2H])n1cc(-c2ccc(-c3ncc(NC4CC(C)(C)NC(C)(C)C4)nn3)c(O)c2)cn1. The normalized spacial score (nSPS) is 21.4. The number of aromatic nitrogens is 10. The van der Waals surface area contributed by atoms with Crippen LogP contribution >= 0.6 is 0 Å². The van der Waals surface area contributed by atoms with E-state index in [1.807, 2.05) is 19.9 Å². The number of phenolic OH excluding ortho intramolecular Hbond substituents is 2. The Morgan fingerprint density at radius 2 is 1.27 bits per heavy atom. The molecule has 6 aromatic rings. The third-order valence-electron chi connectivity index (χ3n) is 10.7. The van der Waals surface area contributed by atoms with E-state index in [4.69, 9.17) is 4.11 Å². The van der Waals surface area contributed by atoms with Crippen LogP contribution in [0.4, 0.5) is 16.0 Å². The monoisotopic (exact) mass is 821 g/mol. The lowest BCUT2D eigenvalue weighted by atomic mass is 9.78. The molecule has 16 nitrogen and oxygen atoms in total. The number of phenols is 2. The van der Waals surface area contributed by atoms with Crippen molar-refractivity contribution in [2.24, 2.45) is 6.98 Å². The highest BCUT2D eigenvalue weighted by atomic mass is 19.1. The van der Waals surface area contributed by atoms with Gasteiger partial charge < -0.3 is 31.5 Å². The van der Waals surface area contributed by atoms with Gasteiger partial charge in [-0.15, -0.1) is 20.4 Å². The molecule has 0 radical (unpaired) electrons. The van der Waals surface area contributed by atoms with Gasteiger partial charge in [0.25, 0.3) is 0 Å². The minimum atomic E-state index is -2.35. The highest BCUT2D eigenvalue weighted by Gasteiger charge is 2.46. The van der Waals surface area contributed by atoms with Crippen molar-refractivity contribution >= 4 is 11.6 Å². The van der Waals surface area contributed by atoms with Gasteiger partial charge in [-0.05, 0) is 110 Å². The quantitative estimate of drug-likeness (QED) is 0.0855. The van der Waals surface area contributed by atoms with Crippen molar-refractivity contribution in [1.29, 1.82) is 0 Å². The molecule has 316 valence electrons. The summed E-state index contributed by atoms with van der Waals surface area (Å²) in [6, 6.07) is 10.00. The van der Waals surface area contributed by atoms with Crippen molar-refractivity contribution < 1.29 is 18.7 Å². The van der Waals surface area contributed by atoms with Crippen molar-refractivity contribution in [3.05, 3.63) is 73.6 Å². The summed E-state index contributed by atoms with van der Waals surface area (Å²) < 4.78 is 38.2. The van der Waals surface area contributed by atoms with E-state index in [0.717, 1.165) is 28.7 Å². The summed E-state index contributed by atoms with van der Waals surface area (Å²) in [5.41, 5.74) is 2.94. The molecule has 0 aliphatic carbocycles. The minimum absolute atomic E-state index is 0.00768. The maximum atomic E-state index is 15.0. The largest absolute Gasteiger partial charge is 0.507 e.